The van der Waals surface area contributed by atoms with E-state index < -0.39 is 5.25 Å². The Balaban J connectivity index is 1.61. The van der Waals surface area contributed by atoms with Crippen LogP contribution in [0.2, 0.25) is 0 Å². The molecule has 0 saturated heterocycles. The maximum Gasteiger partial charge on any atom is 0.284 e. The molecule has 1 N–H and O–H groups in total. The molecule has 9 heteroatoms. The predicted molar refractivity (Wildman–Crippen MR) is 77.2 cm³/mol. The predicted octanol–water partition coefficient (Wildman–Crippen LogP) is 2.75. The summed E-state index contributed by atoms with van der Waals surface area (Å²) < 4.78 is 15.5. The van der Waals surface area contributed by atoms with Crippen molar-refractivity contribution in [3.63, 3.8) is 0 Å². The first kappa shape index (κ1) is 14.4. The Bertz CT molecular complexity index is 765. The molecule has 114 valence electrons. The van der Waals surface area contributed by atoms with Crippen molar-refractivity contribution in [2.45, 2.75) is 24.3 Å². The summed E-state index contributed by atoms with van der Waals surface area (Å²) >= 11 is 1.14. The van der Waals surface area contributed by atoms with E-state index >= 15 is 0 Å². The summed E-state index contributed by atoms with van der Waals surface area (Å²) in [6.07, 6.45) is 1.52. The van der Waals surface area contributed by atoms with Gasteiger partial charge in [0.05, 0.1) is 11.5 Å². The van der Waals surface area contributed by atoms with Crippen LogP contribution in [0.1, 0.15) is 12.7 Å². The van der Waals surface area contributed by atoms with Gasteiger partial charge in [-0.05, 0) is 26.0 Å². The number of carbonyl (C=O) groups excluding carboxylic acids is 1. The molecule has 8 nitrogen and oxygen atoms in total. The molecule has 0 aliphatic rings. The summed E-state index contributed by atoms with van der Waals surface area (Å²) in [7, 11) is 0. The molecule has 0 unspecified atom stereocenters. The summed E-state index contributed by atoms with van der Waals surface area (Å²) in [4.78, 5) is 12.0. The molecule has 0 spiro atoms. The zero-order valence-corrected chi connectivity index (χ0v) is 12.6. The summed E-state index contributed by atoms with van der Waals surface area (Å²) in [5.41, 5.74) is 0. The van der Waals surface area contributed by atoms with Gasteiger partial charge in [-0.25, -0.2) is 0 Å². The highest BCUT2D eigenvalue weighted by atomic mass is 32.2. The maximum absolute atomic E-state index is 12.0. The molecule has 3 heterocycles. The van der Waals surface area contributed by atoms with Crippen LogP contribution >= 0.6 is 11.8 Å². The number of anilines is 1. The van der Waals surface area contributed by atoms with Crippen LogP contribution in [0.5, 0.6) is 0 Å². The van der Waals surface area contributed by atoms with Crippen LogP contribution in [0, 0.1) is 6.92 Å². The third-order valence-electron chi connectivity index (χ3n) is 2.66. The highest BCUT2D eigenvalue weighted by Gasteiger charge is 2.20. The van der Waals surface area contributed by atoms with Crippen molar-refractivity contribution in [3.05, 3.63) is 30.2 Å². The third kappa shape index (κ3) is 3.19. The van der Waals surface area contributed by atoms with Gasteiger partial charge in [-0.15, -0.1) is 10.2 Å². The third-order valence-corrected chi connectivity index (χ3v) is 3.60. The molecule has 0 aliphatic heterocycles. The minimum atomic E-state index is -0.443. The van der Waals surface area contributed by atoms with E-state index in [4.69, 9.17) is 13.4 Å². The van der Waals surface area contributed by atoms with Gasteiger partial charge in [-0.1, -0.05) is 16.9 Å². The second-order valence-corrected chi connectivity index (χ2v) is 5.71. The molecule has 0 bridgehead atoms. The van der Waals surface area contributed by atoms with Crippen LogP contribution in [0.25, 0.3) is 11.7 Å². The van der Waals surface area contributed by atoms with Gasteiger partial charge in [0, 0.05) is 6.07 Å². The fraction of sp³-hybridized carbons (Fsp3) is 0.231. The summed E-state index contributed by atoms with van der Waals surface area (Å²) in [5, 5.41) is 13.9. The quantitative estimate of drug-likeness (QED) is 0.715. The molecule has 3 aromatic heterocycles. The van der Waals surface area contributed by atoms with E-state index in [1.54, 1.807) is 32.0 Å². The molecule has 1 atom stereocenters. The first-order chi connectivity index (χ1) is 10.6. The number of hydrogen-bond donors (Lipinski definition) is 1. The average molecular weight is 320 g/mol. The smallest absolute Gasteiger partial charge is 0.284 e. The van der Waals surface area contributed by atoms with Gasteiger partial charge in [0.15, 0.2) is 11.6 Å². The van der Waals surface area contributed by atoms with Crippen molar-refractivity contribution < 1.29 is 18.2 Å². The van der Waals surface area contributed by atoms with Crippen molar-refractivity contribution in [2.75, 3.05) is 5.32 Å². The summed E-state index contributed by atoms with van der Waals surface area (Å²) in [6.45, 7) is 3.47. The maximum atomic E-state index is 12.0. The molecule has 0 aromatic carbocycles. The van der Waals surface area contributed by atoms with Crippen LogP contribution < -0.4 is 5.32 Å². The Hall–Kier alpha value is -2.55. The number of hydrogen-bond acceptors (Lipinski definition) is 8. The first-order valence-electron chi connectivity index (χ1n) is 6.40. The molecular formula is C13H12N4O4S. The molecule has 3 aromatic rings. The van der Waals surface area contributed by atoms with E-state index in [1.165, 1.54) is 6.26 Å². The normalized spacial score (nSPS) is 12.3. The number of carbonyl (C=O) groups is 1. The lowest BCUT2D eigenvalue weighted by atomic mass is 10.4. The fourth-order valence-corrected chi connectivity index (χ4v) is 2.30. The van der Waals surface area contributed by atoms with E-state index in [0.29, 0.717) is 17.3 Å². The monoisotopic (exact) mass is 320 g/mol. The van der Waals surface area contributed by atoms with Crippen molar-refractivity contribution in [1.29, 1.82) is 0 Å². The van der Waals surface area contributed by atoms with Gasteiger partial charge < -0.3 is 18.7 Å². The lowest BCUT2D eigenvalue weighted by Crippen LogP contribution is -2.22. The minimum Gasteiger partial charge on any atom is -0.459 e. The SMILES string of the molecule is Cc1cc(NC(=O)[C@H](C)Sc2nnc(-c3ccco3)o2)no1. The first-order valence-corrected chi connectivity index (χ1v) is 7.28. The zero-order chi connectivity index (χ0) is 15.5. The lowest BCUT2D eigenvalue weighted by Gasteiger charge is -2.06. The molecule has 0 saturated carbocycles. The largest absolute Gasteiger partial charge is 0.459 e. The zero-order valence-electron chi connectivity index (χ0n) is 11.8. The fourth-order valence-electron chi connectivity index (χ4n) is 1.62. The lowest BCUT2D eigenvalue weighted by molar-refractivity contribution is -0.115. The molecule has 0 aliphatic carbocycles. The molecule has 0 fully saturated rings. The second kappa shape index (κ2) is 6.06. The van der Waals surface area contributed by atoms with Crippen LogP contribution in [-0.4, -0.2) is 26.5 Å². The number of aromatic nitrogens is 3. The van der Waals surface area contributed by atoms with Crippen LogP contribution in [0.4, 0.5) is 5.82 Å². The Morgan fingerprint density at radius 3 is 2.95 bits per heavy atom. The van der Waals surface area contributed by atoms with Gasteiger partial charge in [-0.3, -0.25) is 4.79 Å². The Morgan fingerprint density at radius 2 is 2.27 bits per heavy atom. The summed E-state index contributed by atoms with van der Waals surface area (Å²) in [5.74, 6) is 1.50. The van der Waals surface area contributed by atoms with Gasteiger partial charge >= 0.3 is 0 Å². The Kier molecular flexibility index (Phi) is 3.96. The van der Waals surface area contributed by atoms with Crippen molar-refractivity contribution in [1.82, 2.24) is 15.4 Å². The number of nitrogens with one attached hydrogen (secondary N) is 1. The minimum absolute atomic E-state index is 0.240. The van der Waals surface area contributed by atoms with E-state index in [1.807, 2.05) is 0 Å². The number of thioether (sulfide) groups is 1. The van der Waals surface area contributed by atoms with E-state index in [9.17, 15) is 4.79 Å². The Morgan fingerprint density at radius 1 is 1.41 bits per heavy atom. The van der Waals surface area contributed by atoms with Crippen molar-refractivity contribution in [2.24, 2.45) is 0 Å². The van der Waals surface area contributed by atoms with E-state index in [2.05, 4.69) is 20.7 Å². The highest BCUT2D eigenvalue weighted by molar-refractivity contribution is 8.00. The van der Waals surface area contributed by atoms with E-state index in [-0.39, 0.29) is 17.0 Å². The van der Waals surface area contributed by atoms with Gasteiger partial charge in [0.2, 0.25) is 5.91 Å². The Labute approximate surface area is 129 Å². The van der Waals surface area contributed by atoms with Crippen LogP contribution in [-0.2, 0) is 4.79 Å². The summed E-state index contributed by atoms with van der Waals surface area (Å²) in [6, 6.07) is 5.07. The van der Waals surface area contributed by atoms with Gasteiger partial charge in [0.25, 0.3) is 11.1 Å². The van der Waals surface area contributed by atoms with Gasteiger partial charge in [-0.2, -0.15) is 0 Å². The van der Waals surface area contributed by atoms with Crippen molar-refractivity contribution in [3.8, 4) is 11.7 Å². The number of nitrogens with zero attached hydrogens (tertiary/aromatic N) is 3. The van der Waals surface area contributed by atoms with Gasteiger partial charge in [0.1, 0.15) is 5.76 Å². The number of aryl methyl sites for hydroxylation is 1. The van der Waals surface area contributed by atoms with Crippen molar-refractivity contribution >= 4 is 23.5 Å². The average Bonchev–Trinajstić information content (AvgIpc) is 3.20. The standard InChI is InChI=1S/C13H12N4O4S/c1-7-6-10(17-21-7)14-11(18)8(2)22-13-16-15-12(20-13)9-4-3-5-19-9/h3-6,8H,1-2H3,(H,14,17,18)/t8-/m0/s1. The highest BCUT2D eigenvalue weighted by Crippen LogP contribution is 2.26. The van der Waals surface area contributed by atoms with Crippen LogP contribution in [0.15, 0.2) is 43.0 Å². The number of rotatable bonds is 5. The van der Waals surface area contributed by atoms with E-state index in [0.717, 1.165) is 11.8 Å². The molecule has 22 heavy (non-hydrogen) atoms. The molecule has 1 amide bonds. The molecule has 0 radical (unpaired) electrons. The van der Waals surface area contributed by atoms with Crippen LogP contribution in [0.3, 0.4) is 0 Å². The molecule has 3 rings (SSSR count). The molecular weight excluding hydrogens is 308 g/mol. The number of furan rings is 1. The second-order valence-electron chi connectivity index (χ2n) is 4.42. The number of amides is 1. The topological polar surface area (TPSA) is 107 Å².